The third-order valence-corrected chi connectivity index (χ3v) is 3.54. The molecule has 0 saturated carbocycles. The molecular formula is C12H9BrClNO2. The summed E-state index contributed by atoms with van der Waals surface area (Å²) in [6, 6.07) is 3.61. The van der Waals surface area contributed by atoms with Gasteiger partial charge < -0.3 is 4.74 Å². The summed E-state index contributed by atoms with van der Waals surface area (Å²) in [4.78, 5) is 15.8. The molecule has 0 radical (unpaired) electrons. The van der Waals surface area contributed by atoms with Gasteiger partial charge in [0.15, 0.2) is 0 Å². The van der Waals surface area contributed by atoms with Gasteiger partial charge in [0.25, 0.3) is 0 Å². The summed E-state index contributed by atoms with van der Waals surface area (Å²) in [5.74, 6) is -0.427. The van der Waals surface area contributed by atoms with E-state index in [9.17, 15) is 4.79 Å². The van der Waals surface area contributed by atoms with E-state index < -0.39 is 5.97 Å². The Hall–Kier alpha value is -1.13. The molecule has 1 aromatic carbocycles. The molecule has 0 aliphatic heterocycles. The maximum atomic E-state index is 11.5. The lowest BCUT2D eigenvalue weighted by Crippen LogP contribution is -2.03. The fraction of sp³-hybridized carbons (Fsp3) is 0.167. The Morgan fingerprint density at radius 1 is 1.47 bits per heavy atom. The van der Waals surface area contributed by atoms with Crippen LogP contribution in [0.5, 0.6) is 0 Å². The van der Waals surface area contributed by atoms with Gasteiger partial charge in [0, 0.05) is 21.1 Å². The lowest BCUT2D eigenvalue weighted by molar-refractivity contribution is 0.0599. The standard InChI is InChI=1S/C12H9BrClNO2/c1-6-3-7(14)4-8-10(13)9(12(16)17-2)5-15-11(6)8/h3-5H,1-2H3. The Morgan fingerprint density at radius 3 is 2.82 bits per heavy atom. The van der Waals surface area contributed by atoms with Gasteiger partial charge in [0.2, 0.25) is 0 Å². The minimum atomic E-state index is -0.427. The van der Waals surface area contributed by atoms with Gasteiger partial charge >= 0.3 is 5.97 Å². The number of halogens is 2. The lowest BCUT2D eigenvalue weighted by atomic mass is 10.1. The molecule has 0 N–H and O–H groups in total. The predicted molar refractivity (Wildman–Crippen MR) is 70.5 cm³/mol. The highest BCUT2D eigenvalue weighted by Crippen LogP contribution is 2.30. The highest BCUT2D eigenvalue weighted by molar-refractivity contribution is 9.10. The Labute approximate surface area is 112 Å². The van der Waals surface area contributed by atoms with Crippen molar-refractivity contribution in [2.75, 3.05) is 7.11 Å². The van der Waals surface area contributed by atoms with E-state index in [1.807, 2.05) is 13.0 Å². The van der Waals surface area contributed by atoms with Crippen LogP contribution in [0.15, 0.2) is 22.8 Å². The second-order valence-corrected chi connectivity index (χ2v) is 4.83. The molecule has 0 saturated heterocycles. The molecule has 0 aliphatic rings. The molecule has 0 unspecified atom stereocenters. The minimum Gasteiger partial charge on any atom is -0.465 e. The molecule has 17 heavy (non-hydrogen) atoms. The Morgan fingerprint density at radius 2 is 2.18 bits per heavy atom. The number of hydrogen-bond acceptors (Lipinski definition) is 3. The highest BCUT2D eigenvalue weighted by atomic mass is 79.9. The molecule has 3 nitrogen and oxygen atoms in total. The molecule has 1 heterocycles. The summed E-state index contributed by atoms with van der Waals surface area (Å²) in [6.07, 6.45) is 1.50. The van der Waals surface area contributed by atoms with Gasteiger partial charge in [-0.2, -0.15) is 0 Å². The van der Waals surface area contributed by atoms with Crippen LogP contribution in [0, 0.1) is 6.92 Å². The highest BCUT2D eigenvalue weighted by Gasteiger charge is 2.15. The molecule has 0 spiro atoms. The zero-order valence-electron chi connectivity index (χ0n) is 9.25. The number of aromatic nitrogens is 1. The number of esters is 1. The van der Waals surface area contributed by atoms with Crippen LogP contribution in [0.2, 0.25) is 5.02 Å². The number of pyridine rings is 1. The number of nitrogens with zero attached hydrogens (tertiary/aromatic N) is 1. The summed E-state index contributed by atoms with van der Waals surface area (Å²) >= 11 is 9.39. The summed E-state index contributed by atoms with van der Waals surface area (Å²) in [6.45, 7) is 1.92. The van der Waals surface area contributed by atoms with E-state index in [1.54, 1.807) is 6.07 Å². The second-order valence-electron chi connectivity index (χ2n) is 3.60. The van der Waals surface area contributed by atoms with E-state index in [4.69, 9.17) is 11.6 Å². The van der Waals surface area contributed by atoms with Crippen molar-refractivity contribution in [3.05, 3.63) is 39.0 Å². The van der Waals surface area contributed by atoms with E-state index in [-0.39, 0.29) is 0 Å². The zero-order valence-corrected chi connectivity index (χ0v) is 11.6. The number of aryl methyl sites for hydroxylation is 1. The molecule has 0 bridgehead atoms. The van der Waals surface area contributed by atoms with E-state index >= 15 is 0 Å². The third kappa shape index (κ3) is 2.15. The van der Waals surface area contributed by atoms with Gasteiger partial charge in [-0.1, -0.05) is 11.6 Å². The summed E-state index contributed by atoms with van der Waals surface area (Å²) in [5, 5.41) is 1.41. The smallest absolute Gasteiger partial charge is 0.340 e. The molecule has 88 valence electrons. The van der Waals surface area contributed by atoms with E-state index in [0.717, 1.165) is 16.5 Å². The van der Waals surface area contributed by atoms with Crippen LogP contribution in [0.25, 0.3) is 10.9 Å². The van der Waals surface area contributed by atoms with Gasteiger partial charge in [-0.25, -0.2) is 4.79 Å². The average Bonchev–Trinajstić information content (AvgIpc) is 2.29. The van der Waals surface area contributed by atoms with Gasteiger partial charge in [-0.05, 0) is 40.5 Å². The number of fused-ring (bicyclic) bond motifs is 1. The number of rotatable bonds is 1. The van der Waals surface area contributed by atoms with Crippen molar-refractivity contribution in [3.8, 4) is 0 Å². The number of carbonyl (C=O) groups excluding carboxylic acids is 1. The molecule has 0 aliphatic carbocycles. The van der Waals surface area contributed by atoms with Crippen LogP contribution in [0.3, 0.4) is 0 Å². The van der Waals surface area contributed by atoms with Crippen LogP contribution in [0.1, 0.15) is 15.9 Å². The maximum absolute atomic E-state index is 11.5. The zero-order chi connectivity index (χ0) is 12.6. The number of carbonyl (C=O) groups is 1. The Balaban J connectivity index is 2.79. The quantitative estimate of drug-likeness (QED) is 0.753. The van der Waals surface area contributed by atoms with Crippen molar-refractivity contribution in [3.63, 3.8) is 0 Å². The van der Waals surface area contributed by atoms with Gasteiger partial charge in [0.1, 0.15) is 0 Å². The summed E-state index contributed by atoms with van der Waals surface area (Å²) in [5.41, 5.74) is 2.17. The SMILES string of the molecule is COC(=O)c1cnc2c(C)cc(Cl)cc2c1Br. The first kappa shape index (κ1) is 12.3. The molecule has 5 heteroatoms. The minimum absolute atomic E-state index is 0.390. The molecule has 2 aromatic rings. The van der Waals surface area contributed by atoms with E-state index in [1.165, 1.54) is 13.3 Å². The van der Waals surface area contributed by atoms with Gasteiger partial charge in [-0.15, -0.1) is 0 Å². The largest absolute Gasteiger partial charge is 0.465 e. The first-order chi connectivity index (χ1) is 8.04. The van der Waals surface area contributed by atoms with E-state index in [0.29, 0.717) is 15.1 Å². The first-order valence-electron chi connectivity index (χ1n) is 4.87. The van der Waals surface area contributed by atoms with Crippen LogP contribution in [0.4, 0.5) is 0 Å². The molecule has 0 amide bonds. The maximum Gasteiger partial charge on any atom is 0.340 e. The fourth-order valence-corrected chi connectivity index (χ4v) is 2.50. The topological polar surface area (TPSA) is 39.2 Å². The van der Waals surface area contributed by atoms with Crippen molar-refractivity contribution in [2.24, 2.45) is 0 Å². The van der Waals surface area contributed by atoms with Crippen LogP contribution < -0.4 is 0 Å². The third-order valence-electron chi connectivity index (χ3n) is 2.47. The molecule has 1 aromatic heterocycles. The summed E-state index contributed by atoms with van der Waals surface area (Å²) < 4.78 is 5.34. The van der Waals surface area contributed by atoms with Gasteiger partial charge in [0.05, 0.1) is 18.2 Å². The number of methoxy groups -OCH3 is 1. The van der Waals surface area contributed by atoms with Crippen molar-refractivity contribution in [1.29, 1.82) is 0 Å². The second kappa shape index (κ2) is 4.63. The molecule has 2 rings (SSSR count). The van der Waals surface area contributed by atoms with E-state index in [2.05, 4.69) is 25.7 Å². The average molecular weight is 315 g/mol. The molecule has 0 atom stereocenters. The fourth-order valence-electron chi connectivity index (χ4n) is 1.66. The Bertz CT molecular complexity index is 613. The normalized spacial score (nSPS) is 10.6. The van der Waals surface area contributed by atoms with Crippen LogP contribution in [-0.2, 0) is 4.74 Å². The molecule has 0 fully saturated rings. The number of ether oxygens (including phenoxy) is 1. The van der Waals surface area contributed by atoms with Crippen molar-refractivity contribution in [2.45, 2.75) is 6.92 Å². The van der Waals surface area contributed by atoms with Crippen molar-refractivity contribution >= 4 is 44.4 Å². The van der Waals surface area contributed by atoms with Crippen LogP contribution >= 0.6 is 27.5 Å². The Kier molecular flexibility index (Phi) is 3.35. The predicted octanol–water partition coefficient (Wildman–Crippen LogP) is 3.75. The van der Waals surface area contributed by atoms with Crippen molar-refractivity contribution < 1.29 is 9.53 Å². The first-order valence-corrected chi connectivity index (χ1v) is 6.04. The number of benzene rings is 1. The molecular weight excluding hydrogens is 305 g/mol. The van der Waals surface area contributed by atoms with Crippen LogP contribution in [-0.4, -0.2) is 18.1 Å². The lowest BCUT2D eigenvalue weighted by Gasteiger charge is -2.08. The summed E-state index contributed by atoms with van der Waals surface area (Å²) in [7, 11) is 1.34. The van der Waals surface area contributed by atoms with Crippen molar-refractivity contribution in [1.82, 2.24) is 4.98 Å². The monoisotopic (exact) mass is 313 g/mol. The van der Waals surface area contributed by atoms with Gasteiger partial charge in [-0.3, -0.25) is 4.98 Å². The number of hydrogen-bond donors (Lipinski definition) is 0.